The number of fused-ring (bicyclic) bond motifs is 1. The lowest BCUT2D eigenvalue weighted by Crippen LogP contribution is -2.34. The quantitative estimate of drug-likeness (QED) is 0.879. The molecule has 3 rings (SSSR count). The summed E-state index contributed by atoms with van der Waals surface area (Å²) in [5, 5.41) is 3.26. The van der Waals surface area contributed by atoms with Crippen molar-refractivity contribution < 1.29 is 14.0 Å². The van der Waals surface area contributed by atoms with Gasteiger partial charge in [-0.05, 0) is 24.6 Å². The third-order valence-corrected chi connectivity index (χ3v) is 4.94. The second-order valence-electron chi connectivity index (χ2n) is 5.06. The predicted molar refractivity (Wildman–Crippen MR) is 80.1 cm³/mol. The second-order valence-corrected chi connectivity index (χ2v) is 6.11. The molecule has 0 spiro atoms. The summed E-state index contributed by atoms with van der Waals surface area (Å²) < 4.78 is 14.7. The molecule has 0 bridgehead atoms. The molecular formula is C15H15FN2O2S. The van der Waals surface area contributed by atoms with E-state index in [4.69, 9.17) is 0 Å². The fraction of sp³-hybridized carbons (Fsp3) is 0.333. The van der Waals surface area contributed by atoms with Crippen LogP contribution in [0.3, 0.4) is 0 Å². The van der Waals surface area contributed by atoms with E-state index in [1.165, 1.54) is 17.4 Å². The van der Waals surface area contributed by atoms with E-state index in [1.54, 1.807) is 17.9 Å². The Morgan fingerprint density at radius 3 is 2.95 bits per heavy atom. The number of thiophene rings is 1. The molecule has 1 N–H and O–H groups in total. The van der Waals surface area contributed by atoms with E-state index < -0.39 is 0 Å². The molecule has 6 heteroatoms. The van der Waals surface area contributed by atoms with E-state index in [2.05, 4.69) is 5.32 Å². The summed E-state index contributed by atoms with van der Waals surface area (Å²) in [5.74, 6) is -0.456. The number of nitrogens with one attached hydrogen (secondary N) is 1. The molecule has 2 heterocycles. The molecule has 21 heavy (non-hydrogen) atoms. The first-order valence-corrected chi connectivity index (χ1v) is 7.63. The molecule has 0 saturated carbocycles. The zero-order valence-corrected chi connectivity index (χ0v) is 12.4. The Bertz CT molecular complexity index is 726. The number of amides is 2. The molecule has 1 aliphatic heterocycles. The van der Waals surface area contributed by atoms with Crippen LogP contribution in [0.2, 0.25) is 0 Å². The molecule has 1 aromatic carbocycles. The van der Waals surface area contributed by atoms with Gasteiger partial charge in [-0.2, -0.15) is 0 Å². The monoisotopic (exact) mass is 306 g/mol. The lowest BCUT2D eigenvalue weighted by molar-refractivity contribution is -0.120. The van der Waals surface area contributed by atoms with Crippen molar-refractivity contribution in [2.24, 2.45) is 0 Å². The molecule has 2 aromatic rings. The van der Waals surface area contributed by atoms with Crippen LogP contribution in [0.4, 0.5) is 4.39 Å². The Morgan fingerprint density at radius 2 is 2.19 bits per heavy atom. The Labute approximate surface area is 125 Å². The predicted octanol–water partition coefficient (Wildman–Crippen LogP) is 2.31. The van der Waals surface area contributed by atoms with E-state index in [0.717, 1.165) is 4.70 Å². The van der Waals surface area contributed by atoms with Crippen molar-refractivity contribution in [3.63, 3.8) is 0 Å². The Kier molecular flexibility index (Phi) is 3.63. The lowest BCUT2D eigenvalue weighted by atomic mass is 10.1. The van der Waals surface area contributed by atoms with Crippen LogP contribution in [0, 0.1) is 12.7 Å². The van der Waals surface area contributed by atoms with Crippen LogP contribution in [0.25, 0.3) is 10.1 Å². The average Bonchev–Trinajstić information content (AvgIpc) is 2.65. The van der Waals surface area contributed by atoms with Crippen LogP contribution in [-0.2, 0) is 4.79 Å². The minimum Gasteiger partial charge on any atom is -0.354 e. The molecule has 2 amide bonds. The molecule has 0 unspecified atom stereocenters. The van der Waals surface area contributed by atoms with E-state index >= 15 is 0 Å². The number of hydrogen-bond acceptors (Lipinski definition) is 3. The van der Waals surface area contributed by atoms with Crippen LogP contribution in [0.1, 0.15) is 21.7 Å². The molecule has 1 fully saturated rings. The van der Waals surface area contributed by atoms with Gasteiger partial charge in [0.15, 0.2) is 0 Å². The lowest BCUT2D eigenvalue weighted by Gasteiger charge is -2.19. The van der Waals surface area contributed by atoms with Crippen LogP contribution in [-0.4, -0.2) is 36.3 Å². The standard InChI is InChI=1S/C15H15FN2O2S/c1-9-13-10(16)3-2-4-11(13)21-14(9)15(20)18-7-5-12(19)17-6-8-18/h2-4H,5-8H2,1H3,(H,17,19). The first kappa shape index (κ1) is 14.0. The zero-order valence-electron chi connectivity index (χ0n) is 11.6. The van der Waals surface area contributed by atoms with E-state index in [0.29, 0.717) is 41.9 Å². The number of carbonyl (C=O) groups excluding carboxylic acids is 2. The molecule has 4 nitrogen and oxygen atoms in total. The van der Waals surface area contributed by atoms with Crippen molar-refractivity contribution in [1.29, 1.82) is 0 Å². The summed E-state index contributed by atoms with van der Waals surface area (Å²) in [6.07, 6.45) is 0.310. The maximum atomic E-state index is 13.9. The van der Waals surface area contributed by atoms with Gasteiger partial charge in [0.1, 0.15) is 5.82 Å². The molecule has 1 saturated heterocycles. The van der Waals surface area contributed by atoms with Crippen molar-refractivity contribution in [3.8, 4) is 0 Å². The van der Waals surface area contributed by atoms with Gasteiger partial charge in [-0.1, -0.05) is 6.07 Å². The van der Waals surface area contributed by atoms with Crippen LogP contribution in [0.15, 0.2) is 18.2 Å². The first-order chi connectivity index (χ1) is 10.1. The fourth-order valence-corrected chi connectivity index (χ4v) is 3.76. The van der Waals surface area contributed by atoms with Crippen molar-refractivity contribution in [2.45, 2.75) is 13.3 Å². The molecule has 0 atom stereocenters. The van der Waals surface area contributed by atoms with Gasteiger partial charge in [0.2, 0.25) is 5.91 Å². The van der Waals surface area contributed by atoms with Gasteiger partial charge in [0.25, 0.3) is 5.91 Å². The summed E-state index contributed by atoms with van der Waals surface area (Å²) in [6.45, 7) is 3.13. The summed E-state index contributed by atoms with van der Waals surface area (Å²) >= 11 is 1.31. The van der Waals surface area contributed by atoms with E-state index in [1.807, 2.05) is 6.07 Å². The topological polar surface area (TPSA) is 49.4 Å². The van der Waals surface area contributed by atoms with E-state index in [9.17, 15) is 14.0 Å². The molecule has 110 valence electrons. The maximum absolute atomic E-state index is 13.9. The van der Waals surface area contributed by atoms with Gasteiger partial charge in [-0.25, -0.2) is 4.39 Å². The zero-order chi connectivity index (χ0) is 15.0. The number of carbonyl (C=O) groups is 2. The van der Waals surface area contributed by atoms with Gasteiger partial charge in [0.05, 0.1) is 4.88 Å². The van der Waals surface area contributed by atoms with Gasteiger partial charge in [0, 0.05) is 36.1 Å². The fourth-order valence-electron chi connectivity index (χ4n) is 2.57. The summed E-state index contributed by atoms with van der Waals surface area (Å²) in [4.78, 5) is 26.2. The molecular weight excluding hydrogens is 291 g/mol. The summed E-state index contributed by atoms with van der Waals surface area (Å²) in [5.41, 5.74) is 0.682. The normalized spacial score (nSPS) is 15.9. The number of nitrogens with zero attached hydrogens (tertiary/aromatic N) is 1. The van der Waals surface area contributed by atoms with Crippen LogP contribution >= 0.6 is 11.3 Å². The van der Waals surface area contributed by atoms with Gasteiger partial charge in [-0.3, -0.25) is 9.59 Å². The highest BCUT2D eigenvalue weighted by Crippen LogP contribution is 2.33. The van der Waals surface area contributed by atoms with Gasteiger partial charge < -0.3 is 10.2 Å². The van der Waals surface area contributed by atoms with Gasteiger partial charge in [-0.15, -0.1) is 11.3 Å². The van der Waals surface area contributed by atoms with Crippen molar-refractivity contribution >= 4 is 33.2 Å². The highest BCUT2D eigenvalue weighted by atomic mass is 32.1. The van der Waals surface area contributed by atoms with E-state index in [-0.39, 0.29) is 17.6 Å². The summed E-state index contributed by atoms with van der Waals surface area (Å²) in [6, 6.07) is 4.88. The molecule has 1 aliphatic rings. The van der Waals surface area contributed by atoms with Crippen LogP contribution in [0.5, 0.6) is 0 Å². The SMILES string of the molecule is Cc1c(C(=O)N2CCNC(=O)CC2)sc2cccc(F)c12. The Morgan fingerprint density at radius 1 is 1.38 bits per heavy atom. The minimum atomic E-state index is -0.298. The smallest absolute Gasteiger partial charge is 0.264 e. The Balaban J connectivity index is 1.96. The van der Waals surface area contributed by atoms with Crippen molar-refractivity contribution in [2.75, 3.05) is 19.6 Å². The number of hydrogen-bond donors (Lipinski definition) is 1. The molecule has 1 aromatic heterocycles. The number of benzene rings is 1. The summed E-state index contributed by atoms with van der Waals surface area (Å²) in [7, 11) is 0. The average molecular weight is 306 g/mol. The number of aryl methyl sites for hydroxylation is 1. The Hall–Kier alpha value is -1.95. The van der Waals surface area contributed by atoms with Crippen LogP contribution < -0.4 is 5.32 Å². The van der Waals surface area contributed by atoms with Crippen molar-refractivity contribution in [1.82, 2.24) is 10.2 Å². The first-order valence-electron chi connectivity index (χ1n) is 6.81. The largest absolute Gasteiger partial charge is 0.354 e. The second kappa shape index (κ2) is 5.44. The maximum Gasteiger partial charge on any atom is 0.264 e. The number of rotatable bonds is 1. The minimum absolute atomic E-state index is 0.0376. The van der Waals surface area contributed by atoms with Gasteiger partial charge >= 0.3 is 0 Å². The third-order valence-electron chi connectivity index (χ3n) is 3.70. The number of halogens is 1. The third kappa shape index (κ3) is 2.51. The van der Waals surface area contributed by atoms with Crippen molar-refractivity contribution in [3.05, 3.63) is 34.5 Å². The molecule has 0 radical (unpaired) electrons. The highest BCUT2D eigenvalue weighted by Gasteiger charge is 2.24. The molecule has 0 aliphatic carbocycles. The highest BCUT2D eigenvalue weighted by molar-refractivity contribution is 7.21.